The fraction of sp³-hybridized carbons (Fsp3) is 0.286. The molecule has 0 radical (unpaired) electrons. The van der Waals surface area contributed by atoms with Gasteiger partial charge in [-0.25, -0.2) is 9.78 Å². The molecule has 1 aromatic carbocycles. The monoisotopic (exact) mass is 428 g/mol. The number of carbonyl (C=O) groups is 1. The topological polar surface area (TPSA) is 62.2 Å². The summed E-state index contributed by atoms with van der Waals surface area (Å²) in [6.45, 7) is 14.1. The number of aliphatic carboxylic acids is 1. The quantitative estimate of drug-likeness (QED) is 0.413. The van der Waals surface area contributed by atoms with Crippen LogP contribution in [0.5, 0.6) is 0 Å². The third-order valence-electron chi connectivity index (χ3n) is 4.37. The summed E-state index contributed by atoms with van der Waals surface area (Å²) in [6, 6.07) is 10.4. The predicted octanol–water partition coefficient (Wildman–Crippen LogP) is 4.06. The van der Waals surface area contributed by atoms with Crippen molar-refractivity contribution < 1.29 is 9.90 Å². The Morgan fingerprint density at radius 2 is 1.61 bits per heavy atom. The molecule has 0 unspecified atom stereocenters. The van der Waals surface area contributed by atoms with Crippen LogP contribution in [-0.4, -0.2) is 37.2 Å². The first-order chi connectivity index (χ1) is 12.9. The van der Waals surface area contributed by atoms with Gasteiger partial charge in [-0.1, -0.05) is 80.1 Å². The average Bonchev–Trinajstić information content (AvgIpc) is 2.59. The molecule has 0 spiro atoms. The van der Waals surface area contributed by atoms with E-state index in [2.05, 4.69) is 67.8 Å². The Hall–Kier alpha value is -2.10. The maximum absolute atomic E-state index is 10.6. The van der Waals surface area contributed by atoms with Gasteiger partial charge in [0.1, 0.15) is 10.8 Å². The SMILES string of the molecule is C[Si](C)(C)c1cc(C(=S)Nc2ccc(C=CC(=O)O)cn2)cc([Si](C)(C)C)c1. The van der Waals surface area contributed by atoms with E-state index in [1.165, 1.54) is 16.4 Å². The van der Waals surface area contributed by atoms with Gasteiger partial charge >= 0.3 is 5.97 Å². The highest BCUT2D eigenvalue weighted by molar-refractivity contribution is 7.81. The Labute approximate surface area is 174 Å². The molecular formula is C21H28N2O2SSi2. The van der Waals surface area contributed by atoms with E-state index in [1.54, 1.807) is 12.3 Å². The normalized spacial score (nSPS) is 12.2. The minimum atomic E-state index is -1.48. The van der Waals surface area contributed by atoms with Crippen LogP contribution in [0.2, 0.25) is 39.3 Å². The Balaban J connectivity index is 2.29. The Kier molecular flexibility index (Phi) is 6.74. The van der Waals surface area contributed by atoms with Crippen LogP contribution in [-0.2, 0) is 4.79 Å². The van der Waals surface area contributed by atoms with Gasteiger partial charge in [-0.3, -0.25) is 0 Å². The summed E-state index contributed by atoms with van der Waals surface area (Å²) in [4.78, 5) is 15.6. The number of nitrogens with one attached hydrogen (secondary N) is 1. The van der Waals surface area contributed by atoms with Gasteiger partial charge in [0.2, 0.25) is 0 Å². The molecule has 0 atom stereocenters. The van der Waals surface area contributed by atoms with E-state index in [4.69, 9.17) is 17.3 Å². The molecule has 0 saturated heterocycles. The summed E-state index contributed by atoms with van der Waals surface area (Å²) in [6.07, 6.45) is 4.22. The zero-order valence-corrected chi connectivity index (χ0v) is 20.1. The zero-order chi connectivity index (χ0) is 21.1. The second kappa shape index (κ2) is 8.50. The second-order valence-electron chi connectivity index (χ2n) is 8.90. The first-order valence-electron chi connectivity index (χ1n) is 9.21. The number of aromatic nitrogens is 1. The Morgan fingerprint density at radius 3 is 2.04 bits per heavy atom. The van der Waals surface area contributed by atoms with Gasteiger partial charge in [0, 0.05) is 17.8 Å². The highest BCUT2D eigenvalue weighted by Gasteiger charge is 2.23. The number of carboxylic acid groups (broad SMARTS) is 1. The predicted molar refractivity (Wildman–Crippen MR) is 129 cm³/mol. The number of hydrogen-bond donors (Lipinski definition) is 2. The van der Waals surface area contributed by atoms with Crippen LogP contribution < -0.4 is 15.7 Å². The molecule has 0 saturated carbocycles. The van der Waals surface area contributed by atoms with Crippen molar-refractivity contribution in [3.63, 3.8) is 0 Å². The van der Waals surface area contributed by atoms with Crippen LogP contribution in [0.3, 0.4) is 0 Å². The minimum absolute atomic E-state index is 0.644. The van der Waals surface area contributed by atoms with E-state index in [9.17, 15) is 4.79 Å². The number of pyridine rings is 1. The maximum atomic E-state index is 10.6. The van der Waals surface area contributed by atoms with E-state index < -0.39 is 22.1 Å². The summed E-state index contributed by atoms with van der Waals surface area (Å²) >= 11 is 5.67. The van der Waals surface area contributed by atoms with E-state index in [1.807, 2.05) is 6.07 Å². The van der Waals surface area contributed by atoms with Gasteiger partial charge in [0.25, 0.3) is 0 Å². The van der Waals surface area contributed by atoms with Crippen LogP contribution in [0, 0.1) is 0 Å². The number of nitrogens with zero attached hydrogens (tertiary/aromatic N) is 1. The third kappa shape index (κ3) is 6.22. The number of hydrogen-bond acceptors (Lipinski definition) is 3. The molecule has 0 fully saturated rings. The van der Waals surface area contributed by atoms with Crippen LogP contribution in [0.1, 0.15) is 11.1 Å². The van der Waals surface area contributed by atoms with Crippen molar-refractivity contribution in [3.05, 3.63) is 53.7 Å². The van der Waals surface area contributed by atoms with Crippen molar-refractivity contribution >= 4 is 61.6 Å². The van der Waals surface area contributed by atoms with Gasteiger partial charge in [0.05, 0.1) is 16.1 Å². The first kappa shape index (κ1) is 22.2. The summed E-state index contributed by atoms with van der Waals surface area (Å²) < 4.78 is 0. The number of rotatable bonds is 6. The summed E-state index contributed by atoms with van der Waals surface area (Å²) in [5, 5.41) is 14.7. The fourth-order valence-corrected chi connectivity index (χ4v) is 5.28. The standard InChI is InChI=1S/C21H28N2O2SSi2/c1-27(2,3)17-11-16(12-18(13-17)28(4,5)6)21(26)23-19-9-7-15(14-22-19)8-10-20(24)25/h7-14H,1-6H3,(H,24,25)(H,22,23,26). The zero-order valence-electron chi connectivity index (χ0n) is 17.3. The van der Waals surface area contributed by atoms with Crippen molar-refractivity contribution in [1.29, 1.82) is 0 Å². The molecular weight excluding hydrogens is 400 g/mol. The molecule has 2 N–H and O–H groups in total. The van der Waals surface area contributed by atoms with Gasteiger partial charge in [-0.15, -0.1) is 0 Å². The van der Waals surface area contributed by atoms with Crippen molar-refractivity contribution in [3.8, 4) is 0 Å². The van der Waals surface area contributed by atoms with Crippen LogP contribution in [0.4, 0.5) is 5.82 Å². The van der Waals surface area contributed by atoms with Crippen LogP contribution >= 0.6 is 12.2 Å². The van der Waals surface area contributed by atoms with Crippen molar-refractivity contribution in [1.82, 2.24) is 4.98 Å². The molecule has 0 aliphatic heterocycles. The first-order valence-corrected chi connectivity index (χ1v) is 16.6. The van der Waals surface area contributed by atoms with E-state index in [0.29, 0.717) is 10.8 Å². The van der Waals surface area contributed by atoms with Gasteiger partial charge in [-0.2, -0.15) is 0 Å². The Morgan fingerprint density at radius 1 is 1.04 bits per heavy atom. The van der Waals surface area contributed by atoms with Gasteiger partial charge in [0.15, 0.2) is 0 Å². The molecule has 4 nitrogen and oxygen atoms in total. The molecule has 28 heavy (non-hydrogen) atoms. The van der Waals surface area contributed by atoms with Gasteiger partial charge in [-0.05, 0) is 23.8 Å². The highest BCUT2D eigenvalue weighted by atomic mass is 32.1. The van der Waals surface area contributed by atoms with E-state index in [-0.39, 0.29) is 0 Å². The molecule has 1 aromatic heterocycles. The van der Waals surface area contributed by atoms with E-state index in [0.717, 1.165) is 17.2 Å². The maximum Gasteiger partial charge on any atom is 0.328 e. The lowest BCUT2D eigenvalue weighted by molar-refractivity contribution is -0.131. The van der Waals surface area contributed by atoms with Crippen LogP contribution in [0.15, 0.2) is 42.6 Å². The molecule has 7 heteroatoms. The number of benzene rings is 1. The number of thiocarbonyl (C=S) groups is 1. The number of carboxylic acids is 1. The summed E-state index contributed by atoms with van der Waals surface area (Å²) in [5.74, 6) is -0.339. The molecule has 148 valence electrons. The van der Waals surface area contributed by atoms with E-state index >= 15 is 0 Å². The molecule has 0 bridgehead atoms. The lowest BCUT2D eigenvalue weighted by Crippen LogP contribution is -2.45. The highest BCUT2D eigenvalue weighted by Crippen LogP contribution is 2.12. The van der Waals surface area contributed by atoms with Crippen molar-refractivity contribution in [2.24, 2.45) is 0 Å². The molecule has 1 heterocycles. The Bertz CT molecular complexity index is 879. The minimum Gasteiger partial charge on any atom is -0.478 e. The molecule has 0 aliphatic carbocycles. The summed E-state index contributed by atoms with van der Waals surface area (Å²) in [5.41, 5.74) is 1.75. The summed E-state index contributed by atoms with van der Waals surface area (Å²) in [7, 11) is -2.95. The third-order valence-corrected chi connectivity index (χ3v) is 8.75. The largest absolute Gasteiger partial charge is 0.478 e. The van der Waals surface area contributed by atoms with Crippen molar-refractivity contribution in [2.45, 2.75) is 39.3 Å². The average molecular weight is 429 g/mol. The molecule has 0 aliphatic rings. The molecule has 0 amide bonds. The van der Waals surface area contributed by atoms with Crippen LogP contribution in [0.25, 0.3) is 6.08 Å². The smallest absolute Gasteiger partial charge is 0.328 e. The fourth-order valence-electron chi connectivity index (χ4n) is 2.56. The van der Waals surface area contributed by atoms with Crippen molar-refractivity contribution in [2.75, 3.05) is 5.32 Å². The van der Waals surface area contributed by atoms with Gasteiger partial charge < -0.3 is 10.4 Å². The molecule has 2 rings (SSSR count). The molecule has 2 aromatic rings. The lowest BCUT2D eigenvalue weighted by Gasteiger charge is -2.24. The number of anilines is 1. The second-order valence-corrected chi connectivity index (χ2v) is 19.5. The lowest BCUT2D eigenvalue weighted by atomic mass is 10.2.